The van der Waals surface area contributed by atoms with Gasteiger partial charge in [-0.2, -0.15) is 0 Å². The third-order valence-corrected chi connectivity index (χ3v) is 4.71. The minimum atomic E-state index is 0.304. The molecule has 3 rings (SSSR count). The summed E-state index contributed by atoms with van der Waals surface area (Å²) < 4.78 is 0. The number of rotatable bonds is 5. The molecule has 18 heavy (non-hydrogen) atoms. The number of carbonyl (C=O) groups is 1. The van der Waals surface area contributed by atoms with Gasteiger partial charge in [0.1, 0.15) is 0 Å². The molecule has 1 amide bonds. The van der Waals surface area contributed by atoms with Crippen molar-refractivity contribution >= 4 is 12.1 Å². The minimum absolute atomic E-state index is 0.304. The molecule has 0 spiro atoms. The van der Waals surface area contributed by atoms with Crippen LogP contribution < -0.4 is 5.32 Å². The van der Waals surface area contributed by atoms with Crippen LogP contribution >= 0.6 is 0 Å². The van der Waals surface area contributed by atoms with Gasteiger partial charge in [0.15, 0.2) is 0 Å². The van der Waals surface area contributed by atoms with Gasteiger partial charge in [0.2, 0.25) is 5.91 Å². The lowest BCUT2D eigenvalue weighted by molar-refractivity contribution is -0.131. The van der Waals surface area contributed by atoms with Gasteiger partial charge in [0.05, 0.1) is 6.04 Å². The Bertz CT molecular complexity index is 348. The Balaban J connectivity index is 1.39. The second-order valence-corrected chi connectivity index (χ2v) is 5.99. The number of piperidine rings is 1. The summed E-state index contributed by atoms with van der Waals surface area (Å²) in [6, 6.07) is 1.15. The van der Waals surface area contributed by atoms with Gasteiger partial charge < -0.3 is 10.2 Å². The van der Waals surface area contributed by atoms with E-state index in [1.807, 2.05) is 11.8 Å². The number of likely N-dealkylation sites (tertiary alicyclic amines) is 1. The maximum atomic E-state index is 11.6. The standard InChI is InChI=1S/C14H23N3O/c1-2-13(18)17-7-3-11(4-8-17)16-10-14(5-6-14)12-9-15-12/h9,11-12,16H,2-8,10H2,1H3. The zero-order valence-electron chi connectivity index (χ0n) is 11.2. The molecule has 0 aromatic heterocycles. The molecule has 0 bridgehead atoms. The highest BCUT2D eigenvalue weighted by Gasteiger charge is 2.52. The predicted octanol–water partition coefficient (Wildman–Crippen LogP) is 1.21. The van der Waals surface area contributed by atoms with Gasteiger partial charge in [-0.3, -0.25) is 9.79 Å². The van der Waals surface area contributed by atoms with Crippen LogP contribution in [-0.2, 0) is 4.79 Å². The summed E-state index contributed by atoms with van der Waals surface area (Å²) in [5, 5.41) is 3.71. The lowest BCUT2D eigenvalue weighted by Gasteiger charge is -2.33. The van der Waals surface area contributed by atoms with E-state index in [2.05, 4.69) is 16.5 Å². The van der Waals surface area contributed by atoms with Crippen molar-refractivity contribution in [2.75, 3.05) is 19.6 Å². The van der Waals surface area contributed by atoms with Crippen molar-refractivity contribution in [1.82, 2.24) is 10.2 Å². The van der Waals surface area contributed by atoms with E-state index in [1.54, 1.807) is 0 Å². The fourth-order valence-electron chi connectivity index (χ4n) is 3.00. The molecule has 100 valence electrons. The normalized spacial score (nSPS) is 29.4. The molecule has 0 aromatic rings. The summed E-state index contributed by atoms with van der Waals surface area (Å²) in [6.45, 7) is 4.91. The number of nitrogens with zero attached hydrogens (tertiary/aromatic N) is 2. The topological polar surface area (TPSA) is 44.7 Å². The smallest absolute Gasteiger partial charge is 0.222 e. The average Bonchev–Trinajstić information content (AvgIpc) is 3.28. The van der Waals surface area contributed by atoms with E-state index >= 15 is 0 Å². The van der Waals surface area contributed by atoms with Crippen LogP contribution in [0.5, 0.6) is 0 Å². The monoisotopic (exact) mass is 249 g/mol. The molecule has 0 radical (unpaired) electrons. The summed E-state index contributed by atoms with van der Waals surface area (Å²) in [5.41, 5.74) is 0.483. The first-order valence-corrected chi connectivity index (χ1v) is 7.28. The molecular weight excluding hydrogens is 226 g/mol. The first-order chi connectivity index (χ1) is 8.73. The molecule has 1 saturated carbocycles. The third kappa shape index (κ3) is 2.44. The van der Waals surface area contributed by atoms with E-state index in [4.69, 9.17) is 0 Å². The van der Waals surface area contributed by atoms with E-state index in [0.29, 0.717) is 29.8 Å². The number of aliphatic imine (C=N–C) groups is 1. The minimum Gasteiger partial charge on any atom is -0.343 e. The van der Waals surface area contributed by atoms with Crippen LogP contribution in [0, 0.1) is 5.41 Å². The van der Waals surface area contributed by atoms with E-state index in [1.165, 1.54) is 12.8 Å². The van der Waals surface area contributed by atoms with E-state index in [-0.39, 0.29) is 0 Å². The average molecular weight is 249 g/mol. The lowest BCUT2D eigenvalue weighted by atomic mass is 9.99. The molecule has 1 aliphatic carbocycles. The van der Waals surface area contributed by atoms with Gasteiger partial charge >= 0.3 is 0 Å². The highest BCUT2D eigenvalue weighted by Crippen LogP contribution is 2.51. The Kier molecular flexibility index (Phi) is 3.14. The SMILES string of the molecule is CCC(=O)N1CCC(NCC2(C3C=N3)CC2)CC1. The van der Waals surface area contributed by atoms with Crippen molar-refractivity contribution in [2.24, 2.45) is 10.4 Å². The second kappa shape index (κ2) is 4.65. The Labute approximate surface area is 109 Å². The molecule has 2 fully saturated rings. The summed E-state index contributed by atoms with van der Waals surface area (Å²) in [5.74, 6) is 0.304. The maximum absolute atomic E-state index is 11.6. The molecule has 0 aromatic carbocycles. The van der Waals surface area contributed by atoms with Crippen molar-refractivity contribution in [3.63, 3.8) is 0 Å². The first-order valence-electron chi connectivity index (χ1n) is 7.28. The molecule has 1 unspecified atom stereocenters. The molecule has 4 heteroatoms. The highest BCUT2D eigenvalue weighted by molar-refractivity contribution is 5.80. The molecule has 2 aliphatic heterocycles. The van der Waals surface area contributed by atoms with Gasteiger partial charge in [0.25, 0.3) is 0 Å². The van der Waals surface area contributed by atoms with Crippen molar-refractivity contribution in [3.8, 4) is 0 Å². The summed E-state index contributed by atoms with van der Waals surface area (Å²) >= 11 is 0. The van der Waals surface area contributed by atoms with Crippen LogP contribution in [0.4, 0.5) is 0 Å². The highest BCUT2D eigenvalue weighted by atomic mass is 16.2. The van der Waals surface area contributed by atoms with E-state index < -0.39 is 0 Å². The third-order valence-electron chi connectivity index (χ3n) is 4.71. The molecular formula is C14H23N3O. The number of hydrogen-bond donors (Lipinski definition) is 1. The van der Waals surface area contributed by atoms with Gasteiger partial charge in [-0.1, -0.05) is 6.92 Å². The van der Waals surface area contributed by atoms with Crippen molar-refractivity contribution in [3.05, 3.63) is 0 Å². The number of amides is 1. The Morgan fingerprint density at radius 3 is 2.61 bits per heavy atom. The first kappa shape index (κ1) is 12.2. The van der Waals surface area contributed by atoms with Crippen molar-refractivity contribution in [1.29, 1.82) is 0 Å². The maximum Gasteiger partial charge on any atom is 0.222 e. The second-order valence-electron chi connectivity index (χ2n) is 5.99. The van der Waals surface area contributed by atoms with Crippen LogP contribution in [0.3, 0.4) is 0 Å². The predicted molar refractivity (Wildman–Crippen MR) is 71.8 cm³/mol. The number of carbonyl (C=O) groups excluding carboxylic acids is 1. The molecule has 2 heterocycles. The molecule has 1 atom stereocenters. The Morgan fingerprint density at radius 1 is 1.44 bits per heavy atom. The largest absolute Gasteiger partial charge is 0.343 e. The Hall–Kier alpha value is -0.900. The van der Waals surface area contributed by atoms with Gasteiger partial charge in [-0.15, -0.1) is 0 Å². The fraction of sp³-hybridized carbons (Fsp3) is 0.857. The van der Waals surface area contributed by atoms with Gasteiger partial charge in [-0.25, -0.2) is 0 Å². The summed E-state index contributed by atoms with van der Waals surface area (Å²) in [6.07, 6.45) is 7.60. The molecule has 1 N–H and O–H groups in total. The van der Waals surface area contributed by atoms with Crippen LogP contribution in [0.2, 0.25) is 0 Å². The zero-order valence-corrected chi connectivity index (χ0v) is 11.2. The van der Waals surface area contributed by atoms with E-state index in [9.17, 15) is 4.79 Å². The molecule has 1 saturated heterocycles. The van der Waals surface area contributed by atoms with Crippen molar-refractivity contribution < 1.29 is 4.79 Å². The zero-order chi connectivity index (χ0) is 12.6. The van der Waals surface area contributed by atoms with Gasteiger partial charge in [0, 0.05) is 43.7 Å². The Morgan fingerprint density at radius 2 is 2.11 bits per heavy atom. The fourth-order valence-corrected chi connectivity index (χ4v) is 3.00. The van der Waals surface area contributed by atoms with Crippen LogP contribution in [-0.4, -0.2) is 48.7 Å². The van der Waals surface area contributed by atoms with Crippen LogP contribution in [0.25, 0.3) is 0 Å². The molecule has 4 nitrogen and oxygen atoms in total. The van der Waals surface area contributed by atoms with Crippen LogP contribution in [0.15, 0.2) is 4.99 Å². The van der Waals surface area contributed by atoms with Crippen molar-refractivity contribution in [2.45, 2.75) is 51.1 Å². The lowest BCUT2D eigenvalue weighted by Crippen LogP contribution is -2.46. The van der Waals surface area contributed by atoms with E-state index in [0.717, 1.165) is 32.5 Å². The van der Waals surface area contributed by atoms with Gasteiger partial charge in [-0.05, 0) is 25.7 Å². The quantitative estimate of drug-likeness (QED) is 0.796. The summed E-state index contributed by atoms with van der Waals surface area (Å²) in [4.78, 5) is 17.9. The number of nitrogens with one attached hydrogen (secondary N) is 1. The van der Waals surface area contributed by atoms with Crippen LogP contribution in [0.1, 0.15) is 39.0 Å². The molecule has 3 aliphatic rings. The summed E-state index contributed by atoms with van der Waals surface area (Å²) in [7, 11) is 0. The number of hydrogen-bond acceptors (Lipinski definition) is 3.